The van der Waals surface area contributed by atoms with Crippen LogP contribution < -0.4 is 0 Å². The highest BCUT2D eigenvalue weighted by Gasteiger charge is 2.44. The van der Waals surface area contributed by atoms with Gasteiger partial charge in [-0.15, -0.1) is 0 Å². The second-order valence-electron chi connectivity index (χ2n) is 4.82. The second-order valence-corrected chi connectivity index (χ2v) is 5.25. The minimum absolute atomic E-state index is 0.0618. The number of carbonyl (C=O) groups excluding carboxylic acids is 1. The number of hydrogen-bond donors (Lipinski definition) is 0. The zero-order valence-electron chi connectivity index (χ0n) is 10.2. The number of benzene rings is 1. The average Bonchev–Trinajstić information content (AvgIpc) is 3.07. The smallest absolute Gasteiger partial charge is 0.308 e. The van der Waals surface area contributed by atoms with Gasteiger partial charge in [-0.25, -0.2) is 0 Å². The summed E-state index contributed by atoms with van der Waals surface area (Å²) >= 11 is 5.97. The van der Waals surface area contributed by atoms with Gasteiger partial charge in [-0.3, -0.25) is 4.79 Å². The first-order chi connectivity index (χ1) is 8.11. The van der Waals surface area contributed by atoms with Crippen molar-refractivity contribution in [1.82, 2.24) is 0 Å². The Kier molecular flexibility index (Phi) is 3.72. The first kappa shape index (κ1) is 12.4. The molecule has 0 heterocycles. The molecule has 1 aliphatic carbocycles. The van der Waals surface area contributed by atoms with E-state index in [4.69, 9.17) is 16.3 Å². The number of rotatable bonds is 4. The lowest BCUT2D eigenvalue weighted by atomic mass is 9.95. The standard InChI is InChI=1S/C14H17ClO2/c1-9(10-4-3-5-12(15)7-10)6-11-8-13(11)14(16)17-2/h3-5,7,9,11,13H,6,8H2,1-2H3. The summed E-state index contributed by atoms with van der Waals surface area (Å²) in [6.45, 7) is 2.18. The van der Waals surface area contributed by atoms with Gasteiger partial charge in [0.2, 0.25) is 0 Å². The van der Waals surface area contributed by atoms with Crippen LogP contribution in [0.25, 0.3) is 0 Å². The van der Waals surface area contributed by atoms with Gasteiger partial charge in [-0.1, -0.05) is 30.7 Å². The SMILES string of the molecule is COC(=O)C1CC1CC(C)c1cccc(Cl)c1. The summed E-state index contributed by atoms with van der Waals surface area (Å²) in [5.74, 6) is 0.986. The molecule has 92 valence electrons. The fourth-order valence-corrected chi connectivity index (χ4v) is 2.55. The number of carbonyl (C=O) groups is 1. The van der Waals surface area contributed by atoms with Crippen molar-refractivity contribution >= 4 is 17.6 Å². The average molecular weight is 253 g/mol. The lowest BCUT2D eigenvalue weighted by molar-refractivity contribution is -0.142. The van der Waals surface area contributed by atoms with Crippen molar-refractivity contribution < 1.29 is 9.53 Å². The minimum Gasteiger partial charge on any atom is -0.469 e. The van der Waals surface area contributed by atoms with Crippen molar-refractivity contribution in [2.45, 2.75) is 25.7 Å². The molecule has 1 aromatic rings. The van der Waals surface area contributed by atoms with E-state index in [-0.39, 0.29) is 11.9 Å². The van der Waals surface area contributed by atoms with Crippen LogP contribution in [0.4, 0.5) is 0 Å². The first-order valence-electron chi connectivity index (χ1n) is 5.95. The maximum absolute atomic E-state index is 11.3. The van der Waals surface area contributed by atoms with Gasteiger partial charge in [0.15, 0.2) is 0 Å². The van der Waals surface area contributed by atoms with Gasteiger partial charge < -0.3 is 4.74 Å². The topological polar surface area (TPSA) is 26.3 Å². The molecule has 0 amide bonds. The molecule has 0 aliphatic heterocycles. The molecule has 3 heteroatoms. The van der Waals surface area contributed by atoms with E-state index in [2.05, 4.69) is 13.0 Å². The molecule has 0 bridgehead atoms. The zero-order chi connectivity index (χ0) is 12.4. The molecular weight excluding hydrogens is 236 g/mol. The second kappa shape index (κ2) is 5.09. The Morgan fingerprint density at radius 1 is 1.59 bits per heavy atom. The lowest BCUT2D eigenvalue weighted by Gasteiger charge is -2.11. The molecule has 0 N–H and O–H groups in total. The Morgan fingerprint density at radius 3 is 3.00 bits per heavy atom. The van der Waals surface area contributed by atoms with Crippen LogP contribution in [0.5, 0.6) is 0 Å². The van der Waals surface area contributed by atoms with E-state index in [0.29, 0.717) is 11.8 Å². The summed E-state index contributed by atoms with van der Waals surface area (Å²) in [6, 6.07) is 7.94. The van der Waals surface area contributed by atoms with E-state index in [1.165, 1.54) is 12.7 Å². The molecule has 3 atom stereocenters. The zero-order valence-corrected chi connectivity index (χ0v) is 10.9. The highest BCUT2D eigenvalue weighted by molar-refractivity contribution is 6.30. The Balaban J connectivity index is 1.91. The van der Waals surface area contributed by atoms with Crippen LogP contribution >= 0.6 is 11.6 Å². The Morgan fingerprint density at radius 2 is 2.35 bits per heavy atom. The molecule has 1 saturated carbocycles. The van der Waals surface area contributed by atoms with Crippen LogP contribution in [-0.2, 0) is 9.53 Å². The summed E-state index contributed by atoms with van der Waals surface area (Å²) in [6.07, 6.45) is 2.00. The van der Waals surface area contributed by atoms with Crippen molar-refractivity contribution in [3.8, 4) is 0 Å². The molecule has 0 radical (unpaired) electrons. The Bertz CT molecular complexity index is 416. The quantitative estimate of drug-likeness (QED) is 0.765. The fourth-order valence-electron chi connectivity index (χ4n) is 2.35. The summed E-state index contributed by atoms with van der Waals surface area (Å²) < 4.78 is 4.75. The summed E-state index contributed by atoms with van der Waals surface area (Å²) in [4.78, 5) is 11.3. The third kappa shape index (κ3) is 3.01. The third-order valence-electron chi connectivity index (χ3n) is 3.50. The van der Waals surface area contributed by atoms with Gasteiger partial charge in [-0.2, -0.15) is 0 Å². The van der Waals surface area contributed by atoms with Crippen molar-refractivity contribution in [2.75, 3.05) is 7.11 Å². The lowest BCUT2D eigenvalue weighted by Crippen LogP contribution is -2.05. The molecule has 1 fully saturated rings. The molecule has 0 aromatic heterocycles. The predicted molar refractivity (Wildman–Crippen MR) is 68.1 cm³/mol. The first-order valence-corrected chi connectivity index (χ1v) is 6.33. The van der Waals surface area contributed by atoms with Gasteiger partial charge in [0.25, 0.3) is 0 Å². The van der Waals surface area contributed by atoms with Crippen LogP contribution in [0.2, 0.25) is 5.02 Å². The highest BCUT2D eigenvalue weighted by atomic mass is 35.5. The maximum Gasteiger partial charge on any atom is 0.308 e. The fraction of sp³-hybridized carbons (Fsp3) is 0.500. The molecule has 0 saturated heterocycles. The van der Waals surface area contributed by atoms with Crippen molar-refractivity contribution in [1.29, 1.82) is 0 Å². The molecule has 17 heavy (non-hydrogen) atoms. The van der Waals surface area contributed by atoms with Gasteiger partial charge in [0, 0.05) is 5.02 Å². The number of ether oxygens (including phenoxy) is 1. The van der Waals surface area contributed by atoms with E-state index in [0.717, 1.165) is 17.9 Å². The third-order valence-corrected chi connectivity index (χ3v) is 3.74. The van der Waals surface area contributed by atoms with Crippen molar-refractivity contribution in [3.63, 3.8) is 0 Å². The normalized spacial score (nSPS) is 24.2. The minimum atomic E-state index is -0.0618. The van der Waals surface area contributed by atoms with Crippen LogP contribution in [-0.4, -0.2) is 13.1 Å². The highest BCUT2D eigenvalue weighted by Crippen LogP contribution is 2.45. The number of esters is 1. The van der Waals surface area contributed by atoms with Gasteiger partial charge in [0.1, 0.15) is 0 Å². The van der Waals surface area contributed by atoms with Crippen molar-refractivity contribution in [2.24, 2.45) is 11.8 Å². The summed E-state index contributed by atoms with van der Waals surface area (Å²) in [7, 11) is 1.46. The van der Waals surface area contributed by atoms with E-state index in [1.54, 1.807) is 0 Å². The predicted octanol–water partition coefficient (Wildman–Crippen LogP) is 3.64. The van der Waals surface area contributed by atoms with Gasteiger partial charge in [0.05, 0.1) is 13.0 Å². The Hall–Kier alpha value is -1.02. The van der Waals surface area contributed by atoms with Gasteiger partial charge in [-0.05, 0) is 42.4 Å². The Labute approximate surface area is 107 Å². The van der Waals surface area contributed by atoms with Crippen LogP contribution in [0.15, 0.2) is 24.3 Å². The number of methoxy groups -OCH3 is 1. The van der Waals surface area contributed by atoms with E-state index < -0.39 is 0 Å². The van der Waals surface area contributed by atoms with Crippen molar-refractivity contribution in [3.05, 3.63) is 34.9 Å². The number of hydrogen-bond acceptors (Lipinski definition) is 2. The summed E-state index contributed by atoms with van der Waals surface area (Å²) in [5.41, 5.74) is 1.24. The molecule has 2 rings (SSSR count). The van der Waals surface area contributed by atoms with Crippen LogP contribution in [0, 0.1) is 11.8 Å². The van der Waals surface area contributed by atoms with E-state index >= 15 is 0 Å². The molecule has 0 spiro atoms. The van der Waals surface area contributed by atoms with E-state index in [1.807, 2.05) is 18.2 Å². The van der Waals surface area contributed by atoms with Crippen LogP contribution in [0.1, 0.15) is 31.2 Å². The van der Waals surface area contributed by atoms with Gasteiger partial charge >= 0.3 is 5.97 Å². The monoisotopic (exact) mass is 252 g/mol. The largest absolute Gasteiger partial charge is 0.469 e. The molecule has 1 aromatic carbocycles. The summed E-state index contributed by atoms with van der Waals surface area (Å²) in [5, 5.41) is 0.773. The maximum atomic E-state index is 11.3. The van der Waals surface area contributed by atoms with Crippen LogP contribution in [0.3, 0.4) is 0 Å². The molecule has 3 unspecified atom stereocenters. The molecule has 1 aliphatic rings. The molecular formula is C14H17ClO2. The number of halogens is 1. The molecule has 2 nitrogen and oxygen atoms in total. The van der Waals surface area contributed by atoms with E-state index in [9.17, 15) is 4.79 Å².